The number of fused-ring (bicyclic) bond motifs is 2. The highest BCUT2D eigenvalue weighted by Gasteiger charge is 2.47. The van der Waals surface area contributed by atoms with Crippen LogP contribution in [-0.4, -0.2) is 51.6 Å². The van der Waals surface area contributed by atoms with Crippen molar-refractivity contribution < 1.29 is 17.9 Å². The summed E-state index contributed by atoms with van der Waals surface area (Å²) in [6, 6.07) is 8.69. The van der Waals surface area contributed by atoms with Crippen molar-refractivity contribution in [1.82, 2.24) is 24.1 Å². The van der Waals surface area contributed by atoms with Gasteiger partial charge in [0, 0.05) is 36.8 Å². The predicted octanol–water partition coefficient (Wildman–Crippen LogP) is 2.63. The number of benzene rings is 1. The monoisotopic (exact) mass is 495 g/mol. The van der Waals surface area contributed by atoms with E-state index in [4.69, 9.17) is 4.74 Å². The molecule has 3 aromatic heterocycles. The summed E-state index contributed by atoms with van der Waals surface area (Å²) in [5.74, 6) is -0.0429. The number of hydrogen-bond donors (Lipinski definition) is 0. The number of nitrogens with zero attached hydrogens (tertiary/aromatic N) is 5. The summed E-state index contributed by atoms with van der Waals surface area (Å²) in [5, 5.41) is 4.35. The van der Waals surface area contributed by atoms with E-state index in [0.717, 1.165) is 31.1 Å². The summed E-state index contributed by atoms with van der Waals surface area (Å²) >= 11 is 1.39. The van der Waals surface area contributed by atoms with Crippen LogP contribution in [0, 0.1) is 6.92 Å². The Hall–Kier alpha value is -3.15. The molecule has 2 aliphatic heterocycles. The summed E-state index contributed by atoms with van der Waals surface area (Å²) in [6.45, 7) is 3.28. The number of pyridine rings is 1. The molecular weight excluding hydrogens is 474 g/mol. The van der Waals surface area contributed by atoms with Crippen LogP contribution in [0.2, 0.25) is 0 Å². The molecule has 0 N–H and O–H groups in total. The molecule has 1 atom stereocenters. The van der Waals surface area contributed by atoms with E-state index in [9.17, 15) is 13.2 Å². The van der Waals surface area contributed by atoms with Gasteiger partial charge in [-0.25, -0.2) is 4.98 Å². The molecular formula is C23H21N5O4S2. The minimum absolute atomic E-state index is 0.0429. The van der Waals surface area contributed by atoms with Crippen molar-refractivity contribution in [1.29, 1.82) is 0 Å². The van der Waals surface area contributed by atoms with Crippen LogP contribution in [0.5, 0.6) is 0 Å². The maximum absolute atomic E-state index is 13.7. The zero-order valence-electron chi connectivity index (χ0n) is 18.3. The van der Waals surface area contributed by atoms with Gasteiger partial charge in [0.1, 0.15) is 5.41 Å². The van der Waals surface area contributed by atoms with Crippen molar-refractivity contribution in [3.63, 3.8) is 0 Å². The Kier molecular flexibility index (Phi) is 4.84. The molecule has 0 unspecified atom stereocenters. The van der Waals surface area contributed by atoms with E-state index in [-0.39, 0.29) is 17.3 Å². The highest BCUT2D eigenvalue weighted by atomic mass is 32.2. The molecule has 11 heteroatoms. The van der Waals surface area contributed by atoms with Gasteiger partial charge in [0.25, 0.3) is 10.0 Å². The minimum atomic E-state index is -3.85. The van der Waals surface area contributed by atoms with E-state index >= 15 is 0 Å². The minimum Gasteiger partial charge on any atom is -0.380 e. The van der Waals surface area contributed by atoms with Gasteiger partial charge < -0.3 is 9.64 Å². The van der Waals surface area contributed by atoms with Gasteiger partial charge in [-0.2, -0.15) is 17.6 Å². The summed E-state index contributed by atoms with van der Waals surface area (Å²) in [7, 11) is -3.85. The van der Waals surface area contributed by atoms with Crippen LogP contribution in [0.4, 0.5) is 0 Å². The number of rotatable bonds is 4. The molecule has 0 bridgehead atoms. The maximum atomic E-state index is 13.7. The average molecular weight is 496 g/mol. The van der Waals surface area contributed by atoms with E-state index < -0.39 is 15.4 Å². The number of hydrogen-bond acceptors (Lipinski definition) is 8. The SMILES string of the molecule is Cc1ccc([C@@]2(C(=O)N3Cc4cn(S(=O)(=O)c5ccc6ncsc6c5)nc4C3)CCOC2)cn1. The van der Waals surface area contributed by atoms with Crippen LogP contribution >= 0.6 is 11.3 Å². The summed E-state index contributed by atoms with van der Waals surface area (Å²) in [5.41, 5.74) is 4.71. The first kappa shape index (κ1) is 21.4. The van der Waals surface area contributed by atoms with Crippen molar-refractivity contribution in [3.8, 4) is 0 Å². The molecule has 1 amide bonds. The smallest absolute Gasteiger partial charge is 0.283 e. The van der Waals surface area contributed by atoms with Gasteiger partial charge in [0.05, 0.1) is 39.5 Å². The van der Waals surface area contributed by atoms with Crippen LogP contribution in [0.15, 0.2) is 53.1 Å². The van der Waals surface area contributed by atoms with Crippen LogP contribution in [0.3, 0.4) is 0 Å². The normalized spacial score (nSPS) is 20.2. The van der Waals surface area contributed by atoms with Gasteiger partial charge in [-0.05, 0) is 43.2 Å². The largest absolute Gasteiger partial charge is 0.380 e. The van der Waals surface area contributed by atoms with Gasteiger partial charge in [-0.15, -0.1) is 11.3 Å². The van der Waals surface area contributed by atoms with Gasteiger partial charge >= 0.3 is 0 Å². The summed E-state index contributed by atoms with van der Waals surface area (Å²) < 4.78 is 33.8. The van der Waals surface area contributed by atoms with Crippen molar-refractivity contribution in [2.45, 2.75) is 36.7 Å². The van der Waals surface area contributed by atoms with Crippen LogP contribution in [0.1, 0.15) is 28.9 Å². The molecule has 0 spiro atoms. The van der Waals surface area contributed by atoms with Crippen molar-refractivity contribution in [2.75, 3.05) is 13.2 Å². The third-order valence-corrected chi connectivity index (χ3v) is 8.91. The van der Waals surface area contributed by atoms with E-state index in [1.54, 1.807) is 34.8 Å². The van der Waals surface area contributed by atoms with Crippen LogP contribution in [0.25, 0.3) is 10.2 Å². The summed E-state index contributed by atoms with van der Waals surface area (Å²) in [4.78, 5) is 24.1. The topological polar surface area (TPSA) is 107 Å². The molecule has 9 nitrogen and oxygen atoms in total. The Morgan fingerprint density at radius 2 is 2.06 bits per heavy atom. The van der Waals surface area contributed by atoms with Crippen LogP contribution < -0.4 is 0 Å². The molecule has 4 aromatic rings. The lowest BCUT2D eigenvalue weighted by atomic mass is 9.79. The first-order valence-corrected chi connectivity index (χ1v) is 13.2. The van der Waals surface area contributed by atoms with E-state index in [0.29, 0.717) is 31.9 Å². The quantitative estimate of drug-likeness (QED) is 0.428. The predicted molar refractivity (Wildman–Crippen MR) is 125 cm³/mol. The van der Waals surface area contributed by atoms with Gasteiger partial charge in [0.2, 0.25) is 5.91 Å². The zero-order chi connectivity index (χ0) is 23.5. The Morgan fingerprint density at radius 1 is 1.18 bits per heavy atom. The fourth-order valence-corrected chi connectivity index (χ4v) is 6.62. The van der Waals surface area contributed by atoms with E-state index in [1.165, 1.54) is 17.5 Å². The lowest BCUT2D eigenvalue weighted by molar-refractivity contribution is -0.138. The number of carbonyl (C=O) groups is 1. The number of ether oxygens (including phenoxy) is 1. The van der Waals surface area contributed by atoms with Crippen molar-refractivity contribution >= 4 is 37.5 Å². The molecule has 34 heavy (non-hydrogen) atoms. The Balaban J connectivity index is 1.27. The number of aryl methyl sites for hydroxylation is 1. The fraction of sp³-hybridized carbons (Fsp3) is 0.304. The number of thiazole rings is 1. The highest BCUT2D eigenvalue weighted by Crippen LogP contribution is 2.37. The van der Waals surface area contributed by atoms with Gasteiger partial charge in [-0.1, -0.05) is 6.07 Å². The Bertz CT molecular complexity index is 1490. The lowest BCUT2D eigenvalue weighted by Crippen LogP contribution is -2.45. The van der Waals surface area contributed by atoms with E-state index in [1.807, 2.05) is 19.1 Å². The second-order valence-electron chi connectivity index (χ2n) is 8.69. The van der Waals surface area contributed by atoms with Gasteiger partial charge in [0.15, 0.2) is 0 Å². The third-order valence-electron chi connectivity index (χ3n) is 6.59. The Morgan fingerprint density at radius 3 is 2.79 bits per heavy atom. The molecule has 0 aliphatic carbocycles. The van der Waals surface area contributed by atoms with Crippen molar-refractivity contribution in [3.05, 3.63) is 70.8 Å². The zero-order valence-corrected chi connectivity index (χ0v) is 20.0. The molecule has 1 aromatic carbocycles. The first-order valence-electron chi connectivity index (χ1n) is 10.8. The second kappa shape index (κ2) is 7.69. The summed E-state index contributed by atoms with van der Waals surface area (Å²) in [6.07, 6.45) is 3.85. The first-order chi connectivity index (χ1) is 16.4. The third kappa shape index (κ3) is 3.26. The molecule has 0 radical (unpaired) electrons. The average Bonchev–Trinajstić information content (AvgIpc) is 3.62. The molecule has 1 saturated heterocycles. The van der Waals surface area contributed by atoms with E-state index in [2.05, 4.69) is 15.1 Å². The van der Waals surface area contributed by atoms with Crippen molar-refractivity contribution in [2.24, 2.45) is 0 Å². The molecule has 174 valence electrons. The number of carbonyl (C=O) groups excluding carboxylic acids is 1. The Labute approximate surface area is 200 Å². The fourth-order valence-electron chi connectivity index (χ4n) is 4.64. The molecule has 1 fully saturated rings. The van der Waals surface area contributed by atoms with Crippen LogP contribution in [-0.2, 0) is 38.1 Å². The second-order valence-corrected chi connectivity index (χ2v) is 11.4. The number of aromatic nitrogens is 4. The van der Waals surface area contributed by atoms with Gasteiger partial charge in [-0.3, -0.25) is 9.78 Å². The molecule has 2 aliphatic rings. The molecule has 6 rings (SSSR count). The number of amides is 1. The maximum Gasteiger partial charge on any atom is 0.283 e. The molecule has 5 heterocycles. The molecule has 0 saturated carbocycles. The lowest BCUT2D eigenvalue weighted by Gasteiger charge is -2.31. The standard InChI is InChI=1S/C23H21N5O4S2/c1-15-2-3-17(9-24-15)23(6-7-32-13-23)22(29)27-10-16-11-28(26-20(16)12-27)34(30,31)18-4-5-19-21(8-18)33-14-25-19/h2-5,8-9,11,14H,6-7,10,12-13H2,1H3/t23-/m1/s1. The highest BCUT2D eigenvalue weighted by molar-refractivity contribution is 7.89.